The van der Waals surface area contributed by atoms with Crippen molar-refractivity contribution in [2.45, 2.75) is 32.4 Å². The Morgan fingerprint density at radius 3 is 2.89 bits per heavy atom. The Labute approximate surface area is 184 Å². The van der Waals surface area contributed by atoms with E-state index in [0.29, 0.717) is 19.3 Å². The van der Waals surface area contributed by atoms with Gasteiger partial charge in [0.25, 0.3) is 0 Å². The van der Waals surface area contributed by atoms with Crippen LogP contribution in [-0.4, -0.2) is 45.3 Å². The molecular weight excluding hydrogens is 467 g/mol. The molecule has 1 aromatic carbocycles. The van der Waals surface area contributed by atoms with Crippen LogP contribution in [0.5, 0.6) is 0 Å². The van der Waals surface area contributed by atoms with E-state index in [-0.39, 0.29) is 24.0 Å². The van der Waals surface area contributed by atoms with Crippen molar-refractivity contribution in [1.82, 2.24) is 10.6 Å². The van der Waals surface area contributed by atoms with E-state index in [2.05, 4.69) is 51.7 Å². The number of ether oxygens (including phenoxy) is 1. The minimum atomic E-state index is 0. The van der Waals surface area contributed by atoms with E-state index in [4.69, 9.17) is 9.15 Å². The molecule has 1 aliphatic rings. The van der Waals surface area contributed by atoms with Crippen LogP contribution in [0.25, 0.3) is 0 Å². The fourth-order valence-corrected chi connectivity index (χ4v) is 3.35. The molecule has 7 heteroatoms. The van der Waals surface area contributed by atoms with E-state index in [0.717, 1.165) is 44.2 Å². The van der Waals surface area contributed by atoms with Gasteiger partial charge in [0.05, 0.1) is 6.26 Å². The summed E-state index contributed by atoms with van der Waals surface area (Å²) in [5, 5.41) is 6.78. The zero-order chi connectivity index (χ0) is 18.9. The van der Waals surface area contributed by atoms with Crippen molar-refractivity contribution in [3.63, 3.8) is 0 Å². The molecule has 154 valence electrons. The van der Waals surface area contributed by atoms with Gasteiger partial charge in [-0.25, -0.2) is 0 Å². The van der Waals surface area contributed by atoms with E-state index in [1.807, 2.05) is 12.1 Å². The lowest BCUT2D eigenvalue weighted by atomic mass is 10.2. The molecule has 1 aromatic heterocycles. The van der Waals surface area contributed by atoms with Crippen LogP contribution in [0, 0.1) is 0 Å². The highest BCUT2D eigenvalue weighted by atomic mass is 127. The summed E-state index contributed by atoms with van der Waals surface area (Å²) in [4.78, 5) is 6.78. The van der Waals surface area contributed by atoms with Crippen LogP contribution in [0.3, 0.4) is 0 Å². The number of nitrogens with one attached hydrogen (secondary N) is 2. The molecular formula is C21H31IN4O2. The van der Waals surface area contributed by atoms with Crippen LogP contribution in [0.1, 0.15) is 24.7 Å². The van der Waals surface area contributed by atoms with Gasteiger partial charge in [0.15, 0.2) is 5.96 Å². The number of para-hydroxylation sites is 1. The smallest absolute Gasteiger partial charge is 0.191 e. The third-order valence-electron chi connectivity index (χ3n) is 4.83. The maximum Gasteiger partial charge on any atom is 0.191 e. The van der Waals surface area contributed by atoms with Gasteiger partial charge in [-0.1, -0.05) is 18.2 Å². The van der Waals surface area contributed by atoms with Gasteiger partial charge < -0.3 is 24.7 Å². The molecule has 0 saturated carbocycles. The minimum absolute atomic E-state index is 0. The molecule has 28 heavy (non-hydrogen) atoms. The van der Waals surface area contributed by atoms with Crippen LogP contribution < -0.4 is 15.5 Å². The average molecular weight is 498 g/mol. The van der Waals surface area contributed by atoms with Gasteiger partial charge >= 0.3 is 0 Å². The van der Waals surface area contributed by atoms with Crippen LogP contribution in [0.4, 0.5) is 5.69 Å². The topological polar surface area (TPSA) is 62.0 Å². The van der Waals surface area contributed by atoms with Gasteiger partial charge in [0, 0.05) is 45.0 Å². The molecule has 0 saturated heterocycles. The summed E-state index contributed by atoms with van der Waals surface area (Å²) in [5.74, 6) is 1.69. The Balaban J connectivity index is 0.00000280. The second-order valence-electron chi connectivity index (χ2n) is 6.79. The van der Waals surface area contributed by atoms with Crippen LogP contribution >= 0.6 is 24.0 Å². The normalized spacial score (nSPS) is 14.4. The first-order chi connectivity index (χ1) is 13.3. The molecule has 0 spiro atoms. The van der Waals surface area contributed by atoms with E-state index >= 15 is 0 Å². The third-order valence-corrected chi connectivity index (χ3v) is 4.83. The Bertz CT molecular complexity index is 721. The molecule has 1 atom stereocenters. The van der Waals surface area contributed by atoms with Crippen molar-refractivity contribution in [1.29, 1.82) is 0 Å². The zero-order valence-electron chi connectivity index (χ0n) is 16.7. The Hall–Kier alpha value is -1.74. The summed E-state index contributed by atoms with van der Waals surface area (Å²) >= 11 is 0. The second-order valence-corrected chi connectivity index (χ2v) is 6.79. The van der Waals surface area contributed by atoms with Crippen molar-refractivity contribution in [2.24, 2.45) is 4.99 Å². The fourth-order valence-electron chi connectivity index (χ4n) is 3.35. The molecule has 0 fully saturated rings. The maximum atomic E-state index is 5.59. The molecule has 3 rings (SSSR count). The number of aliphatic imine (C=N–C) groups is 1. The van der Waals surface area contributed by atoms with E-state index in [1.54, 1.807) is 13.3 Å². The number of nitrogens with zero attached hydrogens (tertiary/aromatic N) is 2. The number of halogens is 1. The van der Waals surface area contributed by atoms with E-state index < -0.39 is 0 Å². The fraction of sp³-hybridized carbons (Fsp3) is 0.476. The highest BCUT2D eigenvalue weighted by Crippen LogP contribution is 2.28. The molecule has 2 N–H and O–H groups in total. The quantitative estimate of drug-likeness (QED) is 0.240. The summed E-state index contributed by atoms with van der Waals surface area (Å²) in [6, 6.07) is 12.9. The van der Waals surface area contributed by atoms with Gasteiger partial charge in [-0.2, -0.15) is 0 Å². The summed E-state index contributed by atoms with van der Waals surface area (Å²) in [6.45, 7) is 6.22. The number of furan rings is 1. The summed E-state index contributed by atoms with van der Waals surface area (Å²) < 4.78 is 10.8. The minimum Gasteiger partial charge on any atom is -0.467 e. The monoisotopic (exact) mass is 498 g/mol. The Kier molecular flexibility index (Phi) is 9.63. The van der Waals surface area contributed by atoms with Gasteiger partial charge in [-0.3, -0.25) is 4.99 Å². The number of guanidine groups is 1. The highest BCUT2D eigenvalue weighted by molar-refractivity contribution is 14.0. The van der Waals surface area contributed by atoms with Crippen LogP contribution in [-0.2, 0) is 17.8 Å². The lowest BCUT2D eigenvalue weighted by Crippen LogP contribution is -2.46. The second kappa shape index (κ2) is 12.0. The standard InChI is InChI=1S/C21H30N4O2.HI/c1-17(25-12-10-18-7-3-4-9-20(18)25)15-24-21(22-2)23-11-6-13-26-16-19-8-5-14-27-19;/h3-5,7-9,14,17H,6,10-13,15-16H2,1-2H3,(H2,22,23,24);1H. The predicted molar refractivity (Wildman–Crippen MR) is 125 cm³/mol. The Morgan fingerprint density at radius 2 is 2.11 bits per heavy atom. The van der Waals surface area contributed by atoms with Crippen molar-refractivity contribution in [3.05, 3.63) is 54.0 Å². The first kappa shape index (κ1) is 22.5. The molecule has 0 radical (unpaired) electrons. The molecule has 0 aliphatic carbocycles. The van der Waals surface area contributed by atoms with Crippen LogP contribution in [0.2, 0.25) is 0 Å². The van der Waals surface area contributed by atoms with Crippen molar-refractivity contribution in [2.75, 3.05) is 38.2 Å². The Morgan fingerprint density at radius 1 is 1.25 bits per heavy atom. The highest BCUT2D eigenvalue weighted by Gasteiger charge is 2.22. The first-order valence-electron chi connectivity index (χ1n) is 9.67. The van der Waals surface area contributed by atoms with E-state index in [9.17, 15) is 0 Å². The lowest BCUT2D eigenvalue weighted by molar-refractivity contribution is 0.105. The number of hydrogen-bond donors (Lipinski definition) is 2. The van der Waals surface area contributed by atoms with Gasteiger partial charge in [-0.15, -0.1) is 24.0 Å². The molecule has 0 amide bonds. The van der Waals surface area contributed by atoms with Crippen molar-refractivity contribution in [3.8, 4) is 0 Å². The third kappa shape index (κ3) is 6.41. The molecule has 1 aliphatic heterocycles. The number of anilines is 1. The van der Waals surface area contributed by atoms with E-state index in [1.165, 1.54) is 11.3 Å². The molecule has 0 bridgehead atoms. The first-order valence-corrected chi connectivity index (χ1v) is 9.67. The number of fused-ring (bicyclic) bond motifs is 1. The number of rotatable bonds is 9. The molecule has 2 aromatic rings. The van der Waals surface area contributed by atoms with Gasteiger partial charge in [0.1, 0.15) is 12.4 Å². The SMILES string of the molecule is CN=C(NCCCOCc1ccco1)NCC(C)N1CCc2ccccc21.I. The molecule has 2 heterocycles. The van der Waals surface area contributed by atoms with Crippen molar-refractivity contribution >= 4 is 35.6 Å². The van der Waals surface area contributed by atoms with Gasteiger partial charge in [-0.05, 0) is 43.5 Å². The van der Waals surface area contributed by atoms with Gasteiger partial charge in [0.2, 0.25) is 0 Å². The largest absolute Gasteiger partial charge is 0.467 e. The molecule has 1 unspecified atom stereocenters. The number of benzene rings is 1. The summed E-state index contributed by atoms with van der Waals surface area (Å²) in [7, 11) is 1.80. The summed E-state index contributed by atoms with van der Waals surface area (Å²) in [6.07, 6.45) is 3.71. The maximum absolute atomic E-state index is 5.59. The number of hydrogen-bond acceptors (Lipinski definition) is 4. The molecule has 6 nitrogen and oxygen atoms in total. The van der Waals surface area contributed by atoms with Crippen molar-refractivity contribution < 1.29 is 9.15 Å². The lowest BCUT2D eigenvalue weighted by Gasteiger charge is -2.28. The van der Waals surface area contributed by atoms with Crippen LogP contribution in [0.15, 0.2) is 52.1 Å². The zero-order valence-corrected chi connectivity index (χ0v) is 19.0. The summed E-state index contributed by atoms with van der Waals surface area (Å²) in [5.41, 5.74) is 2.81. The average Bonchev–Trinajstić information content (AvgIpc) is 3.36. The predicted octanol–water partition coefficient (Wildman–Crippen LogP) is 3.42.